The van der Waals surface area contributed by atoms with Crippen LogP contribution in [-0.4, -0.2) is 59.5 Å². The van der Waals surface area contributed by atoms with Gasteiger partial charge in [0.15, 0.2) is 0 Å². The van der Waals surface area contributed by atoms with Gasteiger partial charge in [-0.05, 0) is 42.2 Å². The van der Waals surface area contributed by atoms with E-state index in [2.05, 4.69) is 30.8 Å². The molecule has 2 aliphatic rings. The number of carbonyl (C=O) groups is 1. The fourth-order valence-electron chi connectivity index (χ4n) is 3.41. The third-order valence-electron chi connectivity index (χ3n) is 4.34. The Morgan fingerprint density at radius 2 is 2.24 bits per heavy atom. The molecule has 0 N–H and O–H groups in total. The molecule has 0 aliphatic carbocycles. The molecule has 0 aromatic carbocycles. The molecule has 7 heteroatoms. The molecular weight excluding hydrogens is 336 g/mol. The van der Waals surface area contributed by atoms with E-state index in [0.29, 0.717) is 22.8 Å². The summed E-state index contributed by atoms with van der Waals surface area (Å²) in [5, 5.41) is 4.35. The monoisotopic (exact) mass is 356 g/mol. The fourth-order valence-corrected chi connectivity index (χ4v) is 3.99. The van der Waals surface area contributed by atoms with E-state index >= 15 is 0 Å². The van der Waals surface area contributed by atoms with Crippen LogP contribution in [0.3, 0.4) is 0 Å². The van der Waals surface area contributed by atoms with Crippen molar-refractivity contribution in [2.24, 2.45) is 7.05 Å². The predicted molar refractivity (Wildman–Crippen MR) is 83.7 cm³/mol. The van der Waals surface area contributed by atoms with Crippen LogP contribution in [0.25, 0.3) is 0 Å². The van der Waals surface area contributed by atoms with Crippen LogP contribution in [0.2, 0.25) is 0 Å². The zero-order chi connectivity index (χ0) is 15.0. The van der Waals surface area contributed by atoms with Gasteiger partial charge in [0.05, 0.1) is 6.61 Å². The highest BCUT2D eigenvalue weighted by Crippen LogP contribution is 2.31. The van der Waals surface area contributed by atoms with E-state index in [1.165, 1.54) is 19.4 Å². The summed E-state index contributed by atoms with van der Waals surface area (Å²) in [6.07, 6.45) is 2.52. The summed E-state index contributed by atoms with van der Waals surface area (Å²) >= 11 is 3.39. The van der Waals surface area contributed by atoms with Gasteiger partial charge in [-0.2, -0.15) is 5.10 Å². The van der Waals surface area contributed by atoms with Gasteiger partial charge in [-0.15, -0.1) is 0 Å². The van der Waals surface area contributed by atoms with Crippen molar-refractivity contribution in [2.75, 3.05) is 37.7 Å². The molecule has 2 saturated heterocycles. The predicted octanol–water partition coefficient (Wildman–Crippen LogP) is 1.64. The number of aromatic nitrogens is 2. The van der Waals surface area contributed by atoms with Crippen LogP contribution in [0.5, 0.6) is 0 Å². The normalized spacial score (nSPS) is 22.4. The highest BCUT2D eigenvalue weighted by atomic mass is 79.9. The average molecular weight is 357 g/mol. The second-order valence-electron chi connectivity index (χ2n) is 5.61. The lowest BCUT2D eigenvalue weighted by Crippen LogP contribution is -2.51. The van der Waals surface area contributed by atoms with Crippen LogP contribution in [0.15, 0.2) is 4.60 Å². The molecule has 0 saturated carbocycles. The van der Waals surface area contributed by atoms with Crippen molar-refractivity contribution in [3.63, 3.8) is 0 Å². The third-order valence-corrected chi connectivity index (χ3v) is 4.90. The van der Waals surface area contributed by atoms with Crippen molar-refractivity contribution in [1.29, 1.82) is 0 Å². The van der Waals surface area contributed by atoms with Crippen LogP contribution in [0.4, 0.5) is 5.82 Å². The first kappa shape index (κ1) is 14.8. The fraction of sp³-hybridized carbons (Fsp3) is 0.714. The maximum Gasteiger partial charge on any atom is 0.344 e. The molecule has 21 heavy (non-hydrogen) atoms. The number of anilines is 1. The summed E-state index contributed by atoms with van der Waals surface area (Å²) in [7, 11) is 1.88. The lowest BCUT2D eigenvalue weighted by atomic mass is 10.1. The van der Waals surface area contributed by atoms with Crippen molar-refractivity contribution in [3.05, 3.63) is 10.2 Å². The second kappa shape index (κ2) is 5.96. The average Bonchev–Trinajstić information content (AvgIpc) is 3.01. The first-order valence-corrected chi connectivity index (χ1v) is 8.29. The molecule has 0 spiro atoms. The van der Waals surface area contributed by atoms with Crippen molar-refractivity contribution in [3.8, 4) is 0 Å². The molecule has 2 aliphatic heterocycles. The smallest absolute Gasteiger partial charge is 0.344 e. The summed E-state index contributed by atoms with van der Waals surface area (Å²) in [5.74, 6) is 0.563. The maximum atomic E-state index is 12.2. The number of hydrogen-bond donors (Lipinski definition) is 0. The summed E-state index contributed by atoms with van der Waals surface area (Å²) in [5.41, 5.74) is 0.547. The molecule has 1 aromatic heterocycles. The van der Waals surface area contributed by atoms with E-state index in [4.69, 9.17) is 4.74 Å². The number of rotatable bonds is 3. The maximum absolute atomic E-state index is 12.2. The molecule has 0 bridgehead atoms. The summed E-state index contributed by atoms with van der Waals surface area (Å²) in [4.78, 5) is 17.0. The molecule has 1 aromatic rings. The van der Waals surface area contributed by atoms with Crippen LogP contribution < -0.4 is 4.90 Å². The summed E-state index contributed by atoms with van der Waals surface area (Å²) in [6, 6.07) is 0.600. The Labute approximate surface area is 133 Å². The van der Waals surface area contributed by atoms with Gasteiger partial charge in [0.1, 0.15) is 16.0 Å². The summed E-state index contributed by atoms with van der Waals surface area (Å²) < 4.78 is 7.52. The highest BCUT2D eigenvalue weighted by Gasteiger charge is 2.34. The minimum atomic E-state index is -0.304. The zero-order valence-electron chi connectivity index (χ0n) is 12.5. The Kier molecular flexibility index (Phi) is 4.21. The molecule has 116 valence electrons. The third kappa shape index (κ3) is 2.68. The number of hydrogen-bond acceptors (Lipinski definition) is 5. The van der Waals surface area contributed by atoms with E-state index in [-0.39, 0.29) is 5.97 Å². The largest absolute Gasteiger partial charge is 0.462 e. The Hall–Kier alpha value is -1.08. The Morgan fingerprint density at radius 1 is 1.43 bits per heavy atom. The van der Waals surface area contributed by atoms with Crippen LogP contribution in [-0.2, 0) is 11.8 Å². The van der Waals surface area contributed by atoms with Crippen LogP contribution in [0, 0.1) is 0 Å². The zero-order valence-corrected chi connectivity index (χ0v) is 14.1. The number of esters is 1. The molecular formula is C14H21BrN4O2. The lowest BCUT2D eigenvalue weighted by Gasteiger charge is -2.38. The molecule has 1 atom stereocenters. The van der Waals surface area contributed by atoms with Gasteiger partial charge in [0.25, 0.3) is 0 Å². The van der Waals surface area contributed by atoms with Crippen LogP contribution in [0.1, 0.15) is 30.1 Å². The number of carbonyl (C=O) groups excluding carboxylic acids is 1. The van der Waals surface area contributed by atoms with Gasteiger partial charge in [-0.3, -0.25) is 9.58 Å². The molecule has 3 heterocycles. The van der Waals surface area contributed by atoms with Gasteiger partial charge in [-0.1, -0.05) is 0 Å². The topological polar surface area (TPSA) is 50.6 Å². The molecule has 2 fully saturated rings. The lowest BCUT2D eigenvalue weighted by molar-refractivity contribution is 0.0525. The first-order valence-electron chi connectivity index (χ1n) is 7.50. The standard InChI is InChI=1S/C14H21BrN4O2/c1-3-21-14(20)11-12(15)16-17(2)13(11)19-8-7-18-6-4-5-10(18)9-19/h10H,3-9H2,1-2H3/t10-/m1/s1. The molecule has 3 rings (SSSR count). The number of fused-ring (bicyclic) bond motifs is 1. The first-order chi connectivity index (χ1) is 10.1. The molecule has 6 nitrogen and oxygen atoms in total. The van der Waals surface area contributed by atoms with Crippen molar-refractivity contribution < 1.29 is 9.53 Å². The summed E-state index contributed by atoms with van der Waals surface area (Å²) in [6.45, 7) is 6.33. The Balaban J connectivity index is 1.89. The van der Waals surface area contributed by atoms with Gasteiger partial charge in [-0.25, -0.2) is 4.79 Å². The Morgan fingerprint density at radius 3 is 3.00 bits per heavy atom. The number of ether oxygens (including phenoxy) is 1. The van der Waals surface area contributed by atoms with E-state index in [0.717, 1.165) is 25.5 Å². The number of nitrogens with zero attached hydrogens (tertiary/aromatic N) is 4. The van der Waals surface area contributed by atoms with Gasteiger partial charge < -0.3 is 9.64 Å². The quantitative estimate of drug-likeness (QED) is 0.770. The van der Waals surface area contributed by atoms with E-state index in [9.17, 15) is 4.79 Å². The Bertz CT molecular complexity index is 545. The van der Waals surface area contributed by atoms with Crippen molar-refractivity contribution in [2.45, 2.75) is 25.8 Å². The van der Waals surface area contributed by atoms with Gasteiger partial charge >= 0.3 is 5.97 Å². The van der Waals surface area contributed by atoms with Crippen LogP contribution >= 0.6 is 15.9 Å². The van der Waals surface area contributed by atoms with Gasteiger partial charge in [0, 0.05) is 32.7 Å². The van der Waals surface area contributed by atoms with Crippen molar-refractivity contribution >= 4 is 27.7 Å². The van der Waals surface area contributed by atoms with E-state index < -0.39 is 0 Å². The van der Waals surface area contributed by atoms with Gasteiger partial charge in [0.2, 0.25) is 0 Å². The molecule has 0 radical (unpaired) electrons. The highest BCUT2D eigenvalue weighted by molar-refractivity contribution is 9.10. The minimum Gasteiger partial charge on any atom is -0.462 e. The SMILES string of the molecule is CCOC(=O)c1c(Br)nn(C)c1N1CCN2CCC[C@@H]2C1. The molecule has 0 amide bonds. The molecule has 0 unspecified atom stereocenters. The van der Waals surface area contributed by atoms with E-state index in [1.54, 1.807) is 4.68 Å². The number of aryl methyl sites for hydroxylation is 1. The van der Waals surface area contributed by atoms with E-state index in [1.807, 2.05) is 14.0 Å². The number of halogens is 1. The minimum absolute atomic E-state index is 0.304. The number of piperazine rings is 1. The van der Waals surface area contributed by atoms with Crippen molar-refractivity contribution in [1.82, 2.24) is 14.7 Å². The second-order valence-corrected chi connectivity index (χ2v) is 6.36.